The molecule has 3 aromatic rings. The van der Waals surface area contributed by atoms with Gasteiger partial charge in [-0.15, -0.1) is 21.5 Å². The molecular weight excluding hydrogens is 492 g/mol. The molecule has 0 unspecified atom stereocenters. The quantitative estimate of drug-likeness (QED) is 0.431. The number of carbonyl (C=O) groups excluding carboxylic acids is 2. The predicted molar refractivity (Wildman–Crippen MR) is 143 cm³/mol. The maximum atomic E-state index is 12.7. The zero-order chi connectivity index (χ0) is 25.9. The molecule has 2 heterocycles. The van der Waals surface area contributed by atoms with Crippen molar-refractivity contribution in [1.29, 1.82) is 5.26 Å². The highest BCUT2D eigenvalue weighted by atomic mass is 32.2. The molecule has 36 heavy (non-hydrogen) atoms. The van der Waals surface area contributed by atoms with Gasteiger partial charge in [-0.3, -0.25) is 9.59 Å². The summed E-state index contributed by atoms with van der Waals surface area (Å²) in [5, 5.41) is 25.0. The Balaban J connectivity index is 1.35. The maximum absolute atomic E-state index is 12.7. The van der Waals surface area contributed by atoms with E-state index in [0.717, 1.165) is 30.5 Å². The van der Waals surface area contributed by atoms with Crippen LogP contribution in [0.4, 0.5) is 10.7 Å². The minimum Gasteiger partial charge on any atom is -0.326 e. The predicted octanol–water partition coefficient (Wildman–Crippen LogP) is 4.81. The summed E-state index contributed by atoms with van der Waals surface area (Å²) in [6, 6.07) is 11.5. The first-order chi connectivity index (χ1) is 17.2. The van der Waals surface area contributed by atoms with E-state index in [2.05, 4.69) is 47.7 Å². The molecule has 10 heteroatoms. The van der Waals surface area contributed by atoms with Gasteiger partial charge in [0.2, 0.25) is 11.8 Å². The van der Waals surface area contributed by atoms with E-state index in [1.807, 2.05) is 30.3 Å². The summed E-state index contributed by atoms with van der Waals surface area (Å²) in [5.41, 5.74) is 2.63. The van der Waals surface area contributed by atoms with Crippen LogP contribution in [0.5, 0.6) is 0 Å². The molecule has 2 N–H and O–H groups in total. The third-order valence-electron chi connectivity index (χ3n) is 6.49. The van der Waals surface area contributed by atoms with Gasteiger partial charge in [0, 0.05) is 17.6 Å². The second-order valence-electron chi connectivity index (χ2n) is 10.0. The topological polar surface area (TPSA) is 113 Å². The lowest BCUT2D eigenvalue weighted by Gasteiger charge is -2.33. The van der Waals surface area contributed by atoms with Crippen molar-refractivity contribution in [2.75, 3.05) is 16.4 Å². The summed E-state index contributed by atoms with van der Waals surface area (Å²) in [6.07, 6.45) is 2.96. The van der Waals surface area contributed by atoms with Crippen molar-refractivity contribution in [1.82, 2.24) is 14.8 Å². The smallest absolute Gasteiger partial charge is 0.235 e. The van der Waals surface area contributed by atoms with Crippen molar-refractivity contribution in [2.45, 2.75) is 51.6 Å². The van der Waals surface area contributed by atoms with Gasteiger partial charge in [-0.05, 0) is 48.3 Å². The van der Waals surface area contributed by atoms with E-state index in [9.17, 15) is 14.9 Å². The molecule has 1 atom stereocenters. The first-order valence-corrected chi connectivity index (χ1v) is 13.7. The SMILES string of the molecule is Cn1c(CC(=O)Nc2ccccc2)nnc1SCC(=O)Nc1sc2c(c1C#N)CC[C@H](C(C)(C)C)C2. The molecular formula is C26H30N6O2S2. The summed E-state index contributed by atoms with van der Waals surface area (Å²) < 4.78 is 1.72. The van der Waals surface area contributed by atoms with E-state index in [0.29, 0.717) is 27.5 Å². The second kappa shape index (κ2) is 10.8. The molecule has 1 aliphatic rings. The van der Waals surface area contributed by atoms with Crippen molar-refractivity contribution in [3.63, 3.8) is 0 Å². The fraction of sp³-hybridized carbons (Fsp3) is 0.423. The van der Waals surface area contributed by atoms with Crippen molar-refractivity contribution in [2.24, 2.45) is 18.4 Å². The summed E-state index contributed by atoms with van der Waals surface area (Å²) in [7, 11) is 1.78. The number of aromatic nitrogens is 3. The number of hydrogen-bond donors (Lipinski definition) is 2. The van der Waals surface area contributed by atoms with E-state index in [1.165, 1.54) is 28.0 Å². The van der Waals surface area contributed by atoms with Crippen LogP contribution in [-0.2, 0) is 35.9 Å². The molecule has 0 fully saturated rings. The maximum Gasteiger partial charge on any atom is 0.235 e. The van der Waals surface area contributed by atoms with Crippen LogP contribution in [0, 0.1) is 22.7 Å². The summed E-state index contributed by atoms with van der Waals surface area (Å²) in [5.74, 6) is 0.811. The Morgan fingerprint density at radius 3 is 2.64 bits per heavy atom. The highest BCUT2D eigenvalue weighted by Crippen LogP contribution is 2.44. The van der Waals surface area contributed by atoms with Gasteiger partial charge in [0.15, 0.2) is 5.16 Å². The number of amides is 2. The van der Waals surface area contributed by atoms with Crippen molar-refractivity contribution in [3.8, 4) is 6.07 Å². The lowest BCUT2D eigenvalue weighted by atomic mass is 9.72. The van der Waals surface area contributed by atoms with Crippen LogP contribution in [0.2, 0.25) is 0 Å². The zero-order valence-electron chi connectivity index (χ0n) is 20.9. The molecule has 0 radical (unpaired) electrons. The van der Waals surface area contributed by atoms with Crippen LogP contribution in [0.1, 0.15) is 49.0 Å². The third kappa shape index (κ3) is 5.97. The number of carbonyl (C=O) groups is 2. The molecule has 1 aromatic carbocycles. The normalized spacial score (nSPS) is 15.1. The number of nitriles is 1. The number of thiophene rings is 1. The number of rotatable bonds is 7. The highest BCUT2D eigenvalue weighted by Gasteiger charge is 2.32. The van der Waals surface area contributed by atoms with Crippen molar-refractivity contribution in [3.05, 3.63) is 52.2 Å². The van der Waals surface area contributed by atoms with Gasteiger partial charge in [-0.1, -0.05) is 50.7 Å². The second-order valence-corrected chi connectivity index (χ2v) is 12.1. The first-order valence-electron chi connectivity index (χ1n) is 11.9. The molecule has 1 aliphatic carbocycles. The Bertz CT molecular complexity index is 1300. The monoisotopic (exact) mass is 522 g/mol. The standard InChI is InChI=1S/C26H30N6O2S2/c1-26(2,3)16-10-11-18-19(14-27)24(36-20(18)12-16)29-23(34)15-35-25-31-30-21(32(25)4)13-22(33)28-17-8-6-5-7-9-17/h5-9,16H,10-13,15H2,1-4H3,(H,28,33)(H,29,34)/t16-/m0/s1. The summed E-state index contributed by atoms with van der Waals surface area (Å²) in [6.45, 7) is 6.78. The van der Waals surface area contributed by atoms with Gasteiger partial charge in [0.25, 0.3) is 0 Å². The first kappa shape index (κ1) is 25.9. The number of hydrogen-bond acceptors (Lipinski definition) is 7. The molecule has 0 bridgehead atoms. The Morgan fingerprint density at radius 1 is 1.19 bits per heavy atom. The molecule has 2 amide bonds. The molecule has 2 aromatic heterocycles. The van der Waals surface area contributed by atoms with Crippen LogP contribution >= 0.6 is 23.1 Å². The molecule has 0 saturated carbocycles. The Kier molecular flexibility index (Phi) is 7.81. The van der Waals surface area contributed by atoms with Crippen LogP contribution in [0.15, 0.2) is 35.5 Å². The Hall–Kier alpha value is -3.16. The van der Waals surface area contributed by atoms with Crippen LogP contribution in [0.25, 0.3) is 0 Å². The average Bonchev–Trinajstić information content (AvgIpc) is 3.36. The third-order valence-corrected chi connectivity index (χ3v) is 8.68. The lowest BCUT2D eigenvalue weighted by molar-refractivity contribution is -0.116. The number of fused-ring (bicyclic) bond motifs is 1. The molecule has 0 spiro atoms. The zero-order valence-corrected chi connectivity index (χ0v) is 22.6. The number of para-hydroxylation sites is 1. The van der Waals surface area contributed by atoms with Gasteiger partial charge in [0.05, 0.1) is 17.7 Å². The fourth-order valence-corrected chi connectivity index (χ4v) is 6.34. The number of nitrogens with zero attached hydrogens (tertiary/aromatic N) is 4. The van der Waals surface area contributed by atoms with E-state index < -0.39 is 0 Å². The summed E-state index contributed by atoms with van der Waals surface area (Å²) in [4.78, 5) is 26.3. The molecule has 0 saturated heterocycles. The molecule has 188 valence electrons. The number of thioether (sulfide) groups is 1. The Labute approximate surface area is 219 Å². The van der Waals surface area contributed by atoms with Crippen LogP contribution < -0.4 is 10.6 Å². The molecule has 0 aliphatic heterocycles. The largest absolute Gasteiger partial charge is 0.326 e. The van der Waals surface area contributed by atoms with Gasteiger partial charge in [-0.2, -0.15) is 5.26 Å². The lowest BCUT2D eigenvalue weighted by Crippen LogP contribution is -2.26. The number of nitrogens with one attached hydrogen (secondary N) is 2. The fourth-order valence-electron chi connectivity index (χ4n) is 4.32. The van der Waals surface area contributed by atoms with Crippen LogP contribution in [0.3, 0.4) is 0 Å². The van der Waals surface area contributed by atoms with E-state index in [4.69, 9.17) is 0 Å². The minimum absolute atomic E-state index is 0.0764. The van der Waals surface area contributed by atoms with E-state index in [1.54, 1.807) is 11.6 Å². The van der Waals surface area contributed by atoms with E-state index in [-0.39, 0.29) is 29.4 Å². The minimum atomic E-state index is -0.200. The van der Waals surface area contributed by atoms with Gasteiger partial charge < -0.3 is 15.2 Å². The average molecular weight is 523 g/mol. The van der Waals surface area contributed by atoms with E-state index >= 15 is 0 Å². The Morgan fingerprint density at radius 2 is 1.94 bits per heavy atom. The molecule has 8 nitrogen and oxygen atoms in total. The van der Waals surface area contributed by atoms with Gasteiger partial charge >= 0.3 is 0 Å². The van der Waals surface area contributed by atoms with Crippen molar-refractivity contribution >= 4 is 45.6 Å². The van der Waals surface area contributed by atoms with Gasteiger partial charge in [0.1, 0.15) is 16.9 Å². The highest BCUT2D eigenvalue weighted by molar-refractivity contribution is 7.99. The molecule has 4 rings (SSSR count). The number of benzene rings is 1. The summed E-state index contributed by atoms with van der Waals surface area (Å²) >= 11 is 2.78. The number of anilines is 2. The van der Waals surface area contributed by atoms with Gasteiger partial charge in [-0.25, -0.2) is 0 Å². The van der Waals surface area contributed by atoms with Crippen LogP contribution in [-0.4, -0.2) is 32.3 Å². The van der Waals surface area contributed by atoms with Crippen molar-refractivity contribution < 1.29 is 9.59 Å².